The molecule has 2 rings (SSSR count). The zero-order valence-electron chi connectivity index (χ0n) is 11.9. The summed E-state index contributed by atoms with van der Waals surface area (Å²) in [6.07, 6.45) is 1.55. The molecule has 3 N–H and O–H groups in total. The van der Waals surface area contributed by atoms with Gasteiger partial charge in [0.25, 0.3) is 5.91 Å². The van der Waals surface area contributed by atoms with Crippen LogP contribution in [0.3, 0.4) is 0 Å². The molecule has 0 bridgehead atoms. The third kappa shape index (κ3) is 4.20. The Morgan fingerprint density at radius 3 is 2.59 bits per heavy atom. The van der Waals surface area contributed by atoms with Crippen LogP contribution in [0.4, 0.5) is 11.5 Å². The molecule has 0 aliphatic heterocycles. The lowest BCUT2D eigenvalue weighted by atomic mass is 10.2. The number of aromatic nitrogens is 1. The van der Waals surface area contributed by atoms with E-state index < -0.39 is 0 Å². The van der Waals surface area contributed by atoms with Crippen molar-refractivity contribution >= 4 is 34.9 Å². The SMILES string of the molecule is CNC(=O)c1cccnc1NCC(=O)Nc1ccc(Cl)cc1. The number of nitrogens with one attached hydrogen (secondary N) is 3. The summed E-state index contributed by atoms with van der Waals surface area (Å²) in [4.78, 5) is 27.7. The van der Waals surface area contributed by atoms with Crippen LogP contribution in [0.15, 0.2) is 42.6 Å². The number of nitrogens with zero attached hydrogens (tertiary/aromatic N) is 1. The van der Waals surface area contributed by atoms with Gasteiger partial charge in [-0.15, -0.1) is 0 Å². The molecule has 0 spiro atoms. The predicted octanol–water partition coefficient (Wildman–Crippen LogP) is 2.15. The highest BCUT2D eigenvalue weighted by molar-refractivity contribution is 6.30. The summed E-state index contributed by atoms with van der Waals surface area (Å²) in [6, 6.07) is 10.1. The van der Waals surface area contributed by atoms with Gasteiger partial charge in [-0.3, -0.25) is 9.59 Å². The molecular formula is C15H15ClN4O2. The zero-order valence-corrected chi connectivity index (χ0v) is 12.6. The van der Waals surface area contributed by atoms with Crippen molar-refractivity contribution in [2.75, 3.05) is 24.2 Å². The van der Waals surface area contributed by atoms with Crippen LogP contribution in [0.1, 0.15) is 10.4 Å². The maximum Gasteiger partial charge on any atom is 0.254 e. The van der Waals surface area contributed by atoms with E-state index in [9.17, 15) is 9.59 Å². The molecule has 0 aliphatic carbocycles. The van der Waals surface area contributed by atoms with Gasteiger partial charge in [0.05, 0.1) is 12.1 Å². The molecule has 0 saturated carbocycles. The quantitative estimate of drug-likeness (QED) is 0.788. The van der Waals surface area contributed by atoms with Crippen LogP contribution in [-0.4, -0.2) is 30.4 Å². The summed E-state index contributed by atoms with van der Waals surface area (Å²) in [7, 11) is 1.53. The smallest absolute Gasteiger partial charge is 0.254 e. The number of hydrogen-bond donors (Lipinski definition) is 3. The van der Waals surface area contributed by atoms with E-state index in [4.69, 9.17) is 11.6 Å². The van der Waals surface area contributed by atoms with Gasteiger partial charge >= 0.3 is 0 Å². The largest absolute Gasteiger partial charge is 0.360 e. The van der Waals surface area contributed by atoms with E-state index in [1.807, 2.05) is 0 Å². The summed E-state index contributed by atoms with van der Waals surface area (Å²) in [5.41, 5.74) is 1.02. The summed E-state index contributed by atoms with van der Waals surface area (Å²) in [6.45, 7) is -0.0103. The Morgan fingerprint density at radius 2 is 1.91 bits per heavy atom. The molecule has 2 amide bonds. The highest BCUT2D eigenvalue weighted by atomic mass is 35.5. The van der Waals surface area contributed by atoms with E-state index >= 15 is 0 Å². The number of carbonyl (C=O) groups is 2. The second kappa shape index (κ2) is 7.42. The standard InChI is InChI=1S/C15H15ClN4O2/c1-17-15(22)12-3-2-8-18-14(12)19-9-13(21)20-11-6-4-10(16)5-7-11/h2-8H,9H2,1H3,(H,17,22)(H,18,19)(H,20,21). The van der Waals surface area contributed by atoms with Gasteiger partial charge in [-0.2, -0.15) is 0 Å². The summed E-state index contributed by atoms with van der Waals surface area (Å²) in [5, 5.41) is 8.68. The average Bonchev–Trinajstić information content (AvgIpc) is 2.54. The Bertz CT molecular complexity index is 673. The highest BCUT2D eigenvalue weighted by Gasteiger charge is 2.11. The van der Waals surface area contributed by atoms with Gasteiger partial charge in [0.1, 0.15) is 5.82 Å². The Morgan fingerprint density at radius 1 is 1.18 bits per heavy atom. The summed E-state index contributed by atoms with van der Waals surface area (Å²) >= 11 is 5.78. The van der Waals surface area contributed by atoms with Crippen molar-refractivity contribution in [2.24, 2.45) is 0 Å². The van der Waals surface area contributed by atoms with E-state index in [1.54, 1.807) is 42.6 Å². The Hall–Kier alpha value is -2.60. The van der Waals surface area contributed by atoms with E-state index in [0.717, 1.165) is 0 Å². The summed E-state index contributed by atoms with van der Waals surface area (Å²) < 4.78 is 0. The molecule has 1 aromatic heterocycles. The molecule has 1 heterocycles. The van der Waals surface area contributed by atoms with Gasteiger partial charge in [0.2, 0.25) is 5.91 Å². The van der Waals surface area contributed by atoms with Gasteiger partial charge in [-0.25, -0.2) is 4.98 Å². The van der Waals surface area contributed by atoms with Crippen molar-refractivity contribution in [3.63, 3.8) is 0 Å². The number of benzene rings is 1. The molecule has 22 heavy (non-hydrogen) atoms. The number of amides is 2. The lowest BCUT2D eigenvalue weighted by Crippen LogP contribution is -2.25. The molecule has 1 aromatic carbocycles. The van der Waals surface area contributed by atoms with Crippen LogP contribution in [0.5, 0.6) is 0 Å². The monoisotopic (exact) mass is 318 g/mol. The number of anilines is 2. The Labute approximate surface area is 132 Å². The minimum absolute atomic E-state index is 0.0103. The fourth-order valence-electron chi connectivity index (χ4n) is 1.77. The number of pyridine rings is 1. The second-order valence-electron chi connectivity index (χ2n) is 4.39. The average molecular weight is 319 g/mol. The molecule has 0 fully saturated rings. The normalized spacial score (nSPS) is 9.91. The first kappa shape index (κ1) is 15.8. The molecule has 2 aromatic rings. The third-order valence-corrected chi connectivity index (χ3v) is 3.08. The molecule has 114 valence electrons. The molecule has 0 unspecified atom stereocenters. The maximum absolute atomic E-state index is 11.9. The number of halogens is 1. The van der Waals surface area contributed by atoms with Crippen LogP contribution in [0.25, 0.3) is 0 Å². The first-order valence-corrected chi connectivity index (χ1v) is 6.94. The maximum atomic E-state index is 11.9. The lowest BCUT2D eigenvalue weighted by molar-refractivity contribution is -0.114. The van der Waals surface area contributed by atoms with Crippen molar-refractivity contribution in [3.8, 4) is 0 Å². The fraction of sp³-hybridized carbons (Fsp3) is 0.133. The van der Waals surface area contributed by atoms with Gasteiger partial charge in [-0.05, 0) is 36.4 Å². The molecule has 7 heteroatoms. The number of carbonyl (C=O) groups excluding carboxylic acids is 2. The molecule has 0 atom stereocenters. The lowest BCUT2D eigenvalue weighted by Gasteiger charge is -2.10. The molecular weight excluding hydrogens is 304 g/mol. The third-order valence-electron chi connectivity index (χ3n) is 2.82. The molecule has 0 radical (unpaired) electrons. The number of rotatable bonds is 5. The van der Waals surface area contributed by atoms with Crippen LogP contribution in [-0.2, 0) is 4.79 Å². The van der Waals surface area contributed by atoms with E-state index in [1.165, 1.54) is 7.05 Å². The van der Waals surface area contributed by atoms with Crippen LogP contribution in [0.2, 0.25) is 5.02 Å². The minimum atomic E-state index is -0.270. The minimum Gasteiger partial charge on any atom is -0.360 e. The first-order chi connectivity index (χ1) is 10.6. The van der Waals surface area contributed by atoms with Crippen LogP contribution < -0.4 is 16.0 Å². The summed E-state index contributed by atoms with van der Waals surface area (Å²) in [5.74, 6) is -0.169. The Kier molecular flexibility index (Phi) is 5.32. The van der Waals surface area contributed by atoms with Gasteiger partial charge in [0, 0.05) is 24.0 Å². The van der Waals surface area contributed by atoms with Gasteiger partial charge < -0.3 is 16.0 Å². The second-order valence-corrected chi connectivity index (χ2v) is 4.82. The van der Waals surface area contributed by atoms with Crippen molar-refractivity contribution in [1.29, 1.82) is 0 Å². The van der Waals surface area contributed by atoms with Crippen molar-refractivity contribution in [2.45, 2.75) is 0 Å². The van der Waals surface area contributed by atoms with Crippen molar-refractivity contribution in [1.82, 2.24) is 10.3 Å². The van der Waals surface area contributed by atoms with Crippen LogP contribution in [0, 0.1) is 0 Å². The molecule has 0 saturated heterocycles. The van der Waals surface area contributed by atoms with Crippen molar-refractivity contribution < 1.29 is 9.59 Å². The van der Waals surface area contributed by atoms with Gasteiger partial charge in [0.15, 0.2) is 0 Å². The van der Waals surface area contributed by atoms with E-state index in [2.05, 4.69) is 20.9 Å². The molecule has 0 aliphatic rings. The van der Waals surface area contributed by atoms with E-state index in [0.29, 0.717) is 22.1 Å². The topological polar surface area (TPSA) is 83.1 Å². The van der Waals surface area contributed by atoms with E-state index in [-0.39, 0.29) is 18.4 Å². The predicted molar refractivity (Wildman–Crippen MR) is 86.2 cm³/mol. The zero-order chi connectivity index (χ0) is 15.9. The highest BCUT2D eigenvalue weighted by Crippen LogP contribution is 2.14. The fourth-order valence-corrected chi connectivity index (χ4v) is 1.89. The molecule has 6 nitrogen and oxygen atoms in total. The van der Waals surface area contributed by atoms with Gasteiger partial charge in [-0.1, -0.05) is 11.6 Å². The Balaban J connectivity index is 1.96. The first-order valence-electron chi connectivity index (χ1n) is 6.56. The number of hydrogen-bond acceptors (Lipinski definition) is 4. The van der Waals surface area contributed by atoms with Crippen molar-refractivity contribution in [3.05, 3.63) is 53.2 Å². The van der Waals surface area contributed by atoms with Crippen LogP contribution >= 0.6 is 11.6 Å².